The molecule has 3 amide bonds. The van der Waals surface area contributed by atoms with E-state index in [1.807, 2.05) is 13.8 Å². The van der Waals surface area contributed by atoms with E-state index in [4.69, 9.17) is 7.48 Å². The summed E-state index contributed by atoms with van der Waals surface area (Å²) in [7, 11) is 0. The van der Waals surface area contributed by atoms with Crippen LogP contribution >= 0.6 is 0 Å². The van der Waals surface area contributed by atoms with Gasteiger partial charge in [-0.25, -0.2) is 4.79 Å². The lowest BCUT2D eigenvalue weighted by Crippen LogP contribution is -2.51. The molecule has 0 spiro atoms. The maximum Gasteiger partial charge on any atom is 0.407 e. The first kappa shape index (κ1) is 21.7. The molecule has 1 heterocycles. The number of aldehydes is 1. The van der Waals surface area contributed by atoms with E-state index in [2.05, 4.69) is 16.0 Å². The lowest BCUT2D eigenvalue weighted by atomic mass is 9.68. The summed E-state index contributed by atoms with van der Waals surface area (Å²) in [6, 6.07) is -1.82. The van der Waals surface area contributed by atoms with Crippen LogP contribution in [0.3, 0.4) is 0 Å². The Kier molecular flexibility index (Phi) is 7.91. The van der Waals surface area contributed by atoms with Crippen molar-refractivity contribution in [2.45, 2.75) is 83.7 Å². The first-order chi connectivity index (χ1) is 16.1. The Bertz CT molecular complexity index is 751. The summed E-state index contributed by atoms with van der Waals surface area (Å²) < 4.78 is 22.1. The number of hydrogen-bond acceptors (Lipinski definition) is 5. The third-order valence-electron chi connectivity index (χ3n) is 6.95. The Morgan fingerprint density at radius 1 is 1.19 bits per heavy atom. The van der Waals surface area contributed by atoms with E-state index in [-0.39, 0.29) is 30.1 Å². The maximum absolute atomic E-state index is 12.9. The van der Waals surface area contributed by atoms with Crippen molar-refractivity contribution in [3.63, 3.8) is 0 Å². The highest BCUT2D eigenvalue weighted by molar-refractivity contribution is 5.88. The highest BCUT2D eigenvalue weighted by Gasteiger charge is 2.33. The average molecular weight is 452 g/mol. The minimum Gasteiger partial charge on any atom is -0.449 e. The van der Waals surface area contributed by atoms with Crippen LogP contribution in [-0.2, 0) is 19.1 Å². The summed E-state index contributed by atoms with van der Waals surface area (Å²) in [5, 5.41) is 7.86. The van der Waals surface area contributed by atoms with Crippen LogP contribution < -0.4 is 16.0 Å². The molecule has 2 bridgehead atoms. The minimum atomic E-state index is -2.11. The third kappa shape index (κ3) is 7.20. The number of carbonyl (C=O) groups excluding carboxylic acids is 4. The molecule has 0 aromatic rings. The smallest absolute Gasteiger partial charge is 0.407 e. The number of rotatable bonds is 10. The molecule has 2 saturated carbocycles. The van der Waals surface area contributed by atoms with Gasteiger partial charge in [-0.3, -0.25) is 9.59 Å². The second-order valence-corrected chi connectivity index (χ2v) is 10.2. The van der Waals surface area contributed by atoms with Crippen LogP contribution in [0.25, 0.3) is 0 Å². The molecule has 0 aromatic carbocycles. The first-order valence-electron chi connectivity index (χ1n) is 13.1. The highest BCUT2D eigenvalue weighted by Crippen LogP contribution is 2.42. The quantitative estimate of drug-likeness (QED) is 0.442. The van der Waals surface area contributed by atoms with Crippen LogP contribution in [0.15, 0.2) is 0 Å². The fraction of sp³-hybridized carbons (Fsp3) is 0.833. The fourth-order valence-electron chi connectivity index (χ4n) is 5.45. The van der Waals surface area contributed by atoms with Gasteiger partial charge in [0, 0.05) is 12.5 Å². The zero-order valence-electron chi connectivity index (χ0n) is 21.2. The molecule has 5 atom stereocenters. The van der Waals surface area contributed by atoms with Crippen molar-refractivity contribution in [2.24, 2.45) is 29.6 Å². The number of alkyl carbamates (subject to hydrolysis) is 1. The van der Waals surface area contributed by atoms with Gasteiger partial charge in [0.1, 0.15) is 12.3 Å². The van der Waals surface area contributed by atoms with E-state index in [0.29, 0.717) is 50.4 Å². The first-order valence-corrected chi connectivity index (χ1v) is 12.1. The number of amides is 3. The van der Waals surface area contributed by atoms with E-state index >= 15 is 0 Å². The summed E-state index contributed by atoms with van der Waals surface area (Å²) in [5.41, 5.74) is 0. The molecule has 8 nitrogen and oxygen atoms in total. The fourth-order valence-corrected chi connectivity index (χ4v) is 5.45. The van der Waals surface area contributed by atoms with Crippen LogP contribution in [0.1, 0.15) is 74.4 Å². The van der Waals surface area contributed by atoms with Crippen molar-refractivity contribution >= 4 is 24.2 Å². The number of carbonyl (C=O) groups is 4. The molecule has 2 unspecified atom stereocenters. The summed E-state index contributed by atoms with van der Waals surface area (Å²) >= 11 is 0. The molecule has 3 fully saturated rings. The molecule has 32 heavy (non-hydrogen) atoms. The number of ether oxygens (including phenoxy) is 1. The molecule has 3 rings (SSSR count). The molecular weight excluding hydrogens is 410 g/mol. The Morgan fingerprint density at radius 2 is 1.91 bits per heavy atom. The Hall–Kier alpha value is -2.12. The van der Waals surface area contributed by atoms with Gasteiger partial charge in [0.05, 0.1) is 15.3 Å². The zero-order chi connectivity index (χ0) is 24.9. The summed E-state index contributed by atoms with van der Waals surface area (Å²) in [5.74, 6) is -0.330. The molecule has 3 aliphatic rings. The molecule has 3 N–H and O–H groups in total. The van der Waals surface area contributed by atoms with Gasteiger partial charge in [0.25, 0.3) is 0 Å². The van der Waals surface area contributed by atoms with E-state index < -0.39 is 30.6 Å². The van der Waals surface area contributed by atoms with Gasteiger partial charge in [-0.2, -0.15) is 0 Å². The van der Waals surface area contributed by atoms with Gasteiger partial charge in [-0.1, -0.05) is 33.1 Å². The van der Waals surface area contributed by atoms with Crippen molar-refractivity contribution in [1.29, 1.82) is 0 Å². The molecular formula is C24H39N3O5. The lowest BCUT2D eigenvalue weighted by molar-refractivity contribution is -0.127. The summed E-state index contributed by atoms with van der Waals surface area (Å²) in [6.07, 6.45) is 6.69. The lowest BCUT2D eigenvalue weighted by Gasteiger charge is -2.38. The topological polar surface area (TPSA) is 114 Å². The van der Waals surface area contributed by atoms with Gasteiger partial charge < -0.3 is 25.5 Å². The van der Waals surface area contributed by atoms with E-state index in [9.17, 15) is 19.2 Å². The van der Waals surface area contributed by atoms with Crippen LogP contribution in [0.2, 0.25) is 0 Å². The predicted molar refractivity (Wildman–Crippen MR) is 120 cm³/mol. The van der Waals surface area contributed by atoms with Crippen molar-refractivity contribution in [3.8, 4) is 0 Å². The van der Waals surface area contributed by atoms with Crippen LogP contribution in [-0.4, -0.2) is 49.4 Å². The SMILES string of the molecule is [2H]C([2H])(OC(=O)N[C@@H](CC(C)C)C(=O)N[C@H](C=O)C[C@H]1CCNC1=O)C1CC2CCCC(C2)C1. The van der Waals surface area contributed by atoms with Gasteiger partial charge >= 0.3 is 6.09 Å². The number of fused-ring (bicyclic) bond motifs is 2. The largest absolute Gasteiger partial charge is 0.449 e. The summed E-state index contributed by atoms with van der Waals surface area (Å²) in [4.78, 5) is 48.9. The summed E-state index contributed by atoms with van der Waals surface area (Å²) in [6.45, 7) is 2.23. The van der Waals surface area contributed by atoms with Crippen molar-refractivity contribution < 1.29 is 26.7 Å². The normalized spacial score (nSPS) is 30.4. The minimum absolute atomic E-state index is 0.0563. The van der Waals surface area contributed by atoms with Gasteiger partial charge in [-0.05, 0) is 62.2 Å². The highest BCUT2D eigenvalue weighted by atomic mass is 16.5. The Morgan fingerprint density at radius 3 is 2.50 bits per heavy atom. The Labute approximate surface area is 193 Å². The molecule has 1 saturated heterocycles. The van der Waals surface area contributed by atoms with Gasteiger partial charge in [-0.15, -0.1) is 0 Å². The predicted octanol–water partition coefficient (Wildman–Crippen LogP) is 2.55. The van der Waals surface area contributed by atoms with Gasteiger partial charge in [0.2, 0.25) is 11.8 Å². The molecule has 2 aliphatic carbocycles. The number of nitrogens with one attached hydrogen (secondary N) is 3. The van der Waals surface area contributed by atoms with Crippen LogP contribution in [0, 0.1) is 29.6 Å². The molecule has 0 radical (unpaired) electrons. The second kappa shape index (κ2) is 11.7. The van der Waals surface area contributed by atoms with Crippen molar-refractivity contribution in [2.75, 3.05) is 13.1 Å². The number of hydrogen-bond donors (Lipinski definition) is 3. The maximum atomic E-state index is 12.9. The third-order valence-corrected chi connectivity index (χ3v) is 6.95. The van der Waals surface area contributed by atoms with E-state index in [1.165, 1.54) is 6.42 Å². The van der Waals surface area contributed by atoms with Crippen LogP contribution in [0.5, 0.6) is 0 Å². The second-order valence-electron chi connectivity index (χ2n) is 10.2. The average Bonchev–Trinajstić information content (AvgIpc) is 3.16. The molecule has 1 aliphatic heterocycles. The molecule has 0 aromatic heterocycles. The molecule has 180 valence electrons. The van der Waals surface area contributed by atoms with Gasteiger partial charge in [0.15, 0.2) is 0 Å². The van der Waals surface area contributed by atoms with Crippen molar-refractivity contribution in [3.05, 3.63) is 0 Å². The monoisotopic (exact) mass is 451 g/mol. The van der Waals surface area contributed by atoms with Crippen molar-refractivity contribution in [1.82, 2.24) is 16.0 Å². The zero-order valence-corrected chi connectivity index (χ0v) is 19.2. The molecule has 8 heteroatoms. The Balaban J connectivity index is 1.57. The van der Waals surface area contributed by atoms with E-state index in [1.54, 1.807) is 0 Å². The van der Waals surface area contributed by atoms with Crippen LogP contribution in [0.4, 0.5) is 4.79 Å². The van der Waals surface area contributed by atoms with E-state index in [0.717, 1.165) is 19.3 Å². The standard InChI is InChI=1S/C24H39N3O5/c1-15(2)8-21(23(30)26-20(13-28)12-19-6-7-25-22(19)29)27-24(31)32-14-18-10-16-4-3-5-17(9-16)11-18/h13,15-21H,3-12,14H2,1-2H3,(H,25,29)(H,26,30)(H,27,31)/t16?,17?,18?,19-,20+,21+/m1/s1/i14D2.